The fraction of sp³-hybridized carbons (Fsp3) is 0.389. The minimum atomic E-state index is -3.66. The predicted molar refractivity (Wildman–Crippen MR) is 108 cm³/mol. The van der Waals surface area contributed by atoms with E-state index >= 15 is 0 Å². The van der Waals surface area contributed by atoms with Crippen LogP contribution in [0.2, 0.25) is 0 Å². The van der Waals surface area contributed by atoms with Gasteiger partial charge in [0.15, 0.2) is 0 Å². The molecule has 2 aliphatic heterocycles. The molecule has 0 spiro atoms. The quantitative estimate of drug-likeness (QED) is 0.764. The van der Waals surface area contributed by atoms with Crippen molar-refractivity contribution in [1.29, 1.82) is 0 Å². The van der Waals surface area contributed by atoms with Gasteiger partial charge in [-0.05, 0) is 41.5 Å². The van der Waals surface area contributed by atoms with Gasteiger partial charge in [-0.15, -0.1) is 23.7 Å². The van der Waals surface area contributed by atoms with Gasteiger partial charge < -0.3 is 10.2 Å². The third-order valence-electron chi connectivity index (χ3n) is 5.08. The Hall–Kier alpha value is -1.45. The van der Waals surface area contributed by atoms with Crippen LogP contribution in [0.1, 0.15) is 15.2 Å². The van der Waals surface area contributed by atoms with E-state index in [1.54, 1.807) is 12.1 Å². The number of rotatable bonds is 5. The molecule has 0 radical (unpaired) electrons. The Morgan fingerprint density at radius 3 is 2.59 bits per heavy atom. The van der Waals surface area contributed by atoms with Crippen LogP contribution < -0.4 is 10.0 Å². The number of nitrogens with zero attached hydrogens (tertiary/aromatic N) is 1. The van der Waals surface area contributed by atoms with Crippen molar-refractivity contribution in [3.8, 4) is 0 Å². The van der Waals surface area contributed by atoms with Gasteiger partial charge in [-0.3, -0.25) is 4.79 Å². The first-order chi connectivity index (χ1) is 12.5. The van der Waals surface area contributed by atoms with Gasteiger partial charge in [-0.1, -0.05) is 12.1 Å². The van der Waals surface area contributed by atoms with Crippen molar-refractivity contribution < 1.29 is 13.2 Å². The van der Waals surface area contributed by atoms with Gasteiger partial charge in [-0.2, -0.15) is 0 Å². The minimum absolute atomic E-state index is 0. The zero-order valence-electron chi connectivity index (χ0n) is 14.6. The molecule has 1 aromatic carbocycles. The van der Waals surface area contributed by atoms with Crippen molar-refractivity contribution in [2.75, 3.05) is 26.2 Å². The van der Waals surface area contributed by atoms with E-state index in [0.29, 0.717) is 17.4 Å². The number of thiophene rings is 1. The zero-order valence-corrected chi connectivity index (χ0v) is 17.1. The van der Waals surface area contributed by atoms with Crippen LogP contribution in [-0.4, -0.2) is 45.4 Å². The van der Waals surface area contributed by atoms with Crippen molar-refractivity contribution in [1.82, 2.24) is 14.9 Å². The lowest BCUT2D eigenvalue weighted by atomic mass is 10.0. The van der Waals surface area contributed by atoms with Gasteiger partial charge in [0.25, 0.3) is 5.91 Å². The molecule has 27 heavy (non-hydrogen) atoms. The molecule has 9 heteroatoms. The molecule has 0 aliphatic carbocycles. The summed E-state index contributed by atoms with van der Waals surface area (Å²) < 4.78 is 27.7. The highest BCUT2D eigenvalue weighted by molar-refractivity contribution is 7.89. The Balaban J connectivity index is 0.00000210. The average Bonchev–Trinajstić information content (AvgIpc) is 3.36. The van der Waals surface area contributed by atoms with Crippen molar-refractivity contribution in [2.24, 2.45) is 11.8 Å². The molecule has 2 N–H and O–H groups in total. The van der Waals surface area contributed by atoms with E-state index in [-0.39, 0.29) is 29.8 Å². The van der Waals surface area contributed by atoms with Crippen molar-refractivity contribution in [3.05, 3.63) is 52.2 Å². The van der Waals surface area contributed by atoms with E-state index in [1.165, 1.54) is 23.5 Å². The summed E-state index contributed by atoms with van der Waals surface area (Å²) >= 11 is 1.50. The summed E-state index contributed by atoms with van der Waals surface area (Å²) in [6.07, 6.45) is 0. The second-order valence-electron chi connectivity index (χ2n) is 6.82. The Bertz CT molecular complexity index is 890. The number of sulfonamides is 1. The van der Waals surface area contributed by atoms with Gasteiger partial charge in [0.05, 0.1) is 4.90 Å². The molecule has 2 saturated heterocycles. The maximum atomic E-state index is 12.8. The summed E-state index contributed by atoms with van der Waals surface area (Å²) in [5.74, 6) is 0.936. The van der Waals surface area contributed by atoms with E-state index in [1.807, 2.05) is 22.4 Å². The summed E-state index contributed by atoms with van der Waals surface area (Å²) in [6, 6.07) is 10.1. The Kier molecular flexibility index (Phi) is 6.22. The highest BCUT2D eigenvalue weighted by Crippen LogP contribution is 2.27. The van der Waals surface area contributed by atoms with Crippen LogP contribution in [0.25, 0.3) is 0 Å². The molecule has 2 aromatic rings. The topological polar surface area (TPSA) is 78.5 Å². The van der Waals surface area contributed by atoms with E-state index in [4.69, 9.17) is 0 Å². The van der Waals surface area contributed by atoms with Crippen LogP contribution in [0.15, 0.2) is 46.7 Å². The fourth-order valence-electron chi connectivity index (χ4n) is 3.66. The molecule has 3 heterocycles. The van der Waals surface area contributed by atoms with Crippen LogP contribution in [-0.2, 0) is 16.6 Å². The number of carbonyl (C=O) groups excluding carboxylic acids is 1. The first-order valence-corrected chi connectivity index (χ1v) is 11.0. The van der Waals surface area contributed by atoms with Gasteiger partial charge in [0, 0.05) is 43.2 Å². The number of halogens is 1. The van der Waals surface area contributed by atoms with Crippen molar-refractivity contribution >= 4 is 39.7 Å². The van der Waals surface area contributed by atoms with Crippen molar-refractivity contribution in [2.45, 2.75) is 11.4 Å². The lowest BCUT2D eigenvalue weighted by Crippen LogP contribution is -2.32. The molecule has 1 aromatic heterocycles. The number of carbonyl (C=O) groups is 1. The van der Waals surface area contributed by atoms with Crippen molar-refractivity contribution in [3.63, 3.8) is 0 Å². The lowest BCUT2D eigenvalue weighted by Gasteiger charge is -2.18. The molecule has 0 saturated carbocycles. The van der Waals surface area contributed by atoms with E-state index < -0.39 is 10.0 Å². The van der Waals surface area contributed by atoms with Crippen LogP contribution in [0.4, 0.5) is 0 Å². The van der Waals surface area contributed by atoms with Crippen LogP contribution in [0.5, 0.6) is 0 Å². The molecule has 2 atom stereocenters. The van der Waals surface area contributed by atoms with Gasteiger partial charge >= 0.3 is 0 Å². The number of benzene rings is 1. The Labute approximate surface area is 169 Å². The van der Waals surface area contributed by atoms with E-state index in [9.17, 15) is 13.2 Å². The van der Waals surface area contributed by atoms with Crippen LogP contribution >= 0.6 is 23.7 Å². The first-order valence-electron chi connectivity index (χ1n) is 8.65. The molecule has 0 bridgehead atoms. The molecule has 1 amide bonds. The molecule has 0 unspecified atom stereocenters. The molecule has 146 valence electrons. The maximum Gasteiger partial charge on any atom is 0.253 e. The molecule has 2 aliphatic rings. The number of amides is 1. The number of hydrogen-bond acceptors (Lipinski definition) is 5. The number of fused-ring (bicyclic) bond motifs is 1. The fourth-order valence-corrected chi connectivity index (χ4v) is 5.45. The molecule has 6 nitrogen and oxygen atoms in total. The Morgan fingerprint density at radius 1 is 1.19 bits per heavy atom. The first kappa shape index (κ1) is 20.3. The smallest absolute Gasteiger partial charge is 0.253 e. The number of hydrogen-bond donors (Lipinski definition) is 2. The predicted octanol–water partition coefficient (Wildman–Crippen LogP) is 1.94. The van der Waals surface area contributed by atoms with Crippen LogP contribution in [0, 0.1) is 11.8 Å². The average molecular weight is 428 g/mol. The standard InChI is InChI=1S/C18H21N3O3S2.ClH/c22-18(21-11-14-8-19-9-15(14)12-21)13-3-1-5-17(7-13)26(23,24)20-10-16-4-2-6-25-16;/h1-7,14-15,19-20H,8-12H2;1H/t14-,15+;. The van der Waals surface area contributed by atoms with Gasteiger partial charge in [0.1, 0.15) is 0 Å². The van der Waals surface area contributed by atoms with E-state index in [0.717, 1.165) is 31.1 Å². The highest BCUT2D eigenvalue weighted by Gasteiger charge is 2.38. The second-order valence-corrected chi connectivity index (χ2v) is 9.62. The number of nitrogens with one attached hydrogen (secondary N) is 2. The molecule has 2 fully saturated rings. The lowest BCUT2D eigenvalue weighted by molar-refractivity contribution is 0.0781. The largest absolute Gasteiger partial charge is 0.338 e. The third-order valence-corrected chi connectivity index (χ3v) is 7.36. The SMILES string of the molecule is Cl.O=C(c1cccc(S(=O)(=O)NCc2cccs2)c1)N1C[C@H]2CNC[C@H]2C1. The maximum absolute atomic E-state index is 12.8. The van der Waals surface area contributed by atoms with E-state index in [2.05, 4.69) is 10.0 Å². The highest BCUT2D eigenvalue weighted by atomic mass is 35.5. The second kappa shape index (κ2) is 8.28. The Morgan fingerprint density at radius 2 is 1.93 bits per heavy atom. The van der Waals surface area contributed by atoms with Crippen LogP contribution in [0.3, 0.4) is 0 Å². The summed E-state index contributed by atoms with van der Waals surface area (Å²) in [5.41, 5.74) is 0.428. The minimum Gasteiger partial charge on any atom is -0.338 e. The monoisotopic (exact) mass is 427 g/mol. The zero-order chi connectivity index (χ0) is 18.1. The normalized spacial score (nSPS) is 21.7. The summed E-state index contributed by atoms with van der Waals surface area (Å²) in [7, 11) is -3.66. The van der Waals surface area contributed by atoms with Gasteiger partial charge in [0.2, 0.25) is 10.0 Å². The summed E-state index contributed by atoms with van der Waals surface area (Å²) in [4.78, 5) is 15.7. The molecular formula is C18H22ClN3O3S2. The number of likely N-dealkylation sites (tertiary alicyclic amines) is 1. The third kappa shape index (κ3) is 4.35. The summed E-state index contributed by atoms with van der Waals surface area (Å²) in [5, 5.41) is 5.26. The molecular weight excluding hydrogens is 406 g/mol. The molecule has 4 rings (SSSR count). The van der Waals surface area contributed by atoms with Gasteiger partial charge in [-0.25, -0.2) is 13.1 Å². The summed E-state index contributed by atoms with van der Waals surface area (Å²) in [6.45, 7) is 3.64.